The zero-order chi connectivity index (χ0) is 16.5. The molecule has 2 aromatic carbocycles. The Morgan fingerprint density at radius 3 is 2.75 bits per heavy atom. The van der Waals surface area contributed by atoms with Crippen LogP contribution in [0.15, 0.2) is 60.9 Å². The third kappa shape index (κ3) is 2.61. The quantitative estimate of drug-likeness (QED) is 0.559. The van der Waals surface area contributed by atoms with Crippen molar-refractivity contribution in [2.75, 3.05) is 12.4 Å². The van der Waals surface area contributed by atoms with E-state index in [9.17, 15) is 0 Å². The lowest BCUT2D eigenvalue weighted by Crippen LogP contribution is -1.96. The first-order valence-electron chi connectivity index (χ1n) is 7.49. The molecule has 5 heteroatoms. The van der Waals surface area contributed by atoms with Crippen LogP contribution in [0.1, 0.15) is 0 Å². The maximum Gasteiger partial charge on any atom is 0.121 e. The molecular weight excluding hydrogens is 322 g/mol. The van der Waals surface area contributed by atoms with Gasteiger partial charge in [-0.15, -0.1) is 0 Å². The summed E-state index contributed by atoms with van der Waals surface area (Å²) < 4.78 is 5.41. The smallest absolute Gasteiger partial charge is 0.121 e. The van der Waals surface area contributed by atoms with Gasteiger partial charge in [0.2, 0.25) is 0 Å². The van der Waals surface area contributed by atoms with Crippen LogP contribution in [0.5, 0.6) is 5.75 Å². The van der Waals surface area contributed by atoms with Gasteiger partial charge < -0.3 is 10.1 Å². The minimum atomic E-state index is 0.667. The maximum absolute atomic E-state index is 6.06. The average Bonchev–Trinajstić information content (AvgIpc) is 2.61. The lowest BCUT2D eigenvalue weighted by molar-refractivity contribution is 0.415. The van der Waals surface area contributed by atoms with E-state index in [0.717, 1.165) is 38.9 Å². The number of nitrogens with one attached hydrogen (secondary N) is 1. The van der Waals surface area contributed by atoms with Crippen molar-refractivity contribution in [1.29, 1.82) is 0 Å². The van der Waals surface area contributed by atoms with Crippen molar-refractivity contribution in [3.8, 4) is 5.75 Å². The molecule has 2 heterocycles. The summed E-state index contributed by atoms with van der Waals surface area (Å²) >= 11 is 6.06. The molecule has 0 bridgehead atoms. The molecule has 0 amide bonds. The number of nitrogens with zero attached hydrogens (tertiary/aromatic N) is 2. The SMILES string of the molecule is COc1cc(Nc2ccnc3cc(Cl)ccc23)c2ncccc2c1. The van der Waals surface area contributed by atoms with E-state index in [-0.39, 0.29) is 0 Å². The van der Waals surface area contributed by atoms with Gasteiger partial charge in [-0.2, -0.15) is 0 Å². The molecule has 118 valence electrons. The number of pyridine rings is 2. The van der Waals surface area contributed by atoms with E-state index in [1.54, 1.807) is 19.5 Å². The second-order valence-corrected chi connectivity index (χ2v) is 5.83. The second-order valence-electron chi connectivity index (χ2n) is 5.40. The van der Waals surface area contributed by atoms with Gasteiger partial charge in [-0.05, 0) is 36.4 Å². The number of rotatable bonds is 3. The van der Waals surface area contributed by atoms with Crippen molar-refractivity contribution in [2.24, 2.45) is 0 Å². The highest BCUT2D eigenvalue weighted by atomic mass is 35.5. The summed E-state index contributed by atoms with van der Waals surface area (Å²) in [5.41, 5.74) is 3.55. The number of anilines is 2. The Morgan fingerprint density at radius 2 is 1.88 bits per heavy atom. The molecule has 0 aliphatic heterocycles. The molecule has 0 spiro atoms. The molecule has 4 aromatic rings. The predicted molar refractivity (Wildman–Crippen MR) is 98.3 cm³/mol. The Balaban J connectivity index is 1.88. The first-order chi connectivity index (χ1) is 11.7. The first-order valence-corrected chi connectivity index (χ1v) is 7.86. The summed E-state index contributed by atoms with van der Waals surface area (Å²) in [4.78, 5) is 8.87. The van der Waals surface area contributed by atoms with Crippen molar-refractivity contribution < 1.29 is 4.74 Å². The Morgan fingerprint density at radius 1 is 0.958 bits per heavy atom. The zero-order valence-corrected chi connectivity index (χ0v) is 13.7. The van der Waals surface area contributed by atoms with E-state index in [0.29, 0.717) is 5.02 Å². The van der Waals surface area contributed by atoms with Crippen molar-refractivity contribution in [3.05, 3.63) is 65.9 Å². The molecule has 0 aliphatic carbocycles. The summed E-state index contributed by atoms with van der Waals surface area (Å²) in [6.45, 7) is 0. The summed E-state index contributed by atoms with van der Waals surface area (Å²) in [5.74, 6) is 0.777. The second kappa shape index (κ2) is 5.98. The maximum atomic E-state index is 6.06. The lowest BCUT2D eigenvalue weighted by atomic mass is 10.1. The van der Waals surface area contributed by atoms with E-state index < -0.39 is 0 Å². The minimum Gasteiger partial charge on any atom is -0.497 e. The molecule has 0 atom stereocenters. The van der Waals surface area contributed by atoms with Gasteiger partial charge in [0.25, 0.3) is 0 Å². The van der Waals surface area contributed by atoms with Crippen LogP contribution < -0.4 is 10.1 Å². The number of methoxy groups -OCH3 is 1. The summed E-state index contributed by atoms with van der Waals surface area (Å²) in [6.07, 6.45) is 3.54. The number of hydrogen-bond acceptors (Lipinski definition) is 4. The number of fused-ring (bicyclic) bond motifs is 2. The van der Waals surface area contributed by atoms with Crippen LogP contribution in [-0.4, -0.2) is 17.1 Å². The number of benzene rings is 2. The van der Waals surface area contributed by atoms with Gasteiger partial charge in [0.05, 0.1) is 23.8 Å². The van der Waals surface area contributed by atoms with Gasteiger partial charge in [-0.25, -0.2) is 0 Å². The molecule has 0 unspecified atom stereocenters. The molecule has 4 nitrogen and oxygen atoms in total. The van der Waals surface area contributed by atoms with E-state index in [1.165, 1.54) is 0 Å². The molecule has 1 N–H and O–H groups in total. The van der Waals surface area contributed by atoms with Crippen LogP contribution in [0.3, 0.4) is 0 Å². The monoisotopic (exact) mass is 335 g/mol. The van der Waals surface area contributed by atoms with E-state index in [2.05, 4.69) is 15.3 Å². The van der Waals surface area contributed by atoms with E-state index >= 15 is 0 Å². The Labute approximate surface area is 144 Å². The van der Waals surface area contributed by atoms with Crippen LogP contribution in [-0.2, 0) is 0 Å². The van der Waals surface area contributed by atoms with E-state index in [1.807, 2.05) is 48.5 Å². The minimum absolute atomic E-state index is 0.667. The number of aromatic nitrogens is 2. The lowest BCUT2D eigenvalue weighted by Gasteiger charge is -2.13. The molecule has 0 radical (unpaired) electrons. The molecule has 0 aliphatic rings. The third-order valence-corrected chi connectivity index (χ3v) is 4.12. The summed E-state index contributed by atoms with van der Waals surface area (Å²) in [5, 5.41) is 6.13. The van der Waals surface area contributed by atoms with Crippen LogP contribution in [0.4, 0.5) is 11.4 Å². The largest absolute Gasteiger partial charge is 0.497 e. The summed E-state index contributed by atoms with van der Waals surface area (Å²) in [6, 6.07) is 15.4. The van der Waals surface area contributed by atoms with Crippen LogP contribution in [0, 0.1) is 0 Å². The van der Waals surface area contributed by atoms with Crippen LogP contribution in [0.2, 0.25) is 5.02 Å². The van der Waals surface area contributed by atoms with Gasteiger partial charge in [-0.3, -0.25) is 9.97 Å². The fourth-order valence-electron chi connectivity index (χ4n) is 2.75. The third-order valence-electron chi connectivity index (χ3n) is 3.89. The molecule has 0 saturated heterocycles. The Kier molecular flexibility index (Phi) is 3.67. The highest BCUT2D eigenvalue weighted by Gasteiger charge is 2.09. The molecule has 2 aromatic heterocycles. The Bertz CT molecular complexity index is 1050. The number of hydrogen-bond donors (Lipinski definition) is 1. The van der Waals surface area contributed by atoms with E-state index in [4.69, 9.17) is 16.3 Å². The number of halogens is 1. The molecule has 0 fully saturated rings. The standard InChI is InChI=1S/C19H14ClN3O/c1-24-14-9-12-3-2-7-22-19(12)18(11-14)23-16-6-8-21-17-10-13(20)4-5-15(16)17/h2-11H,1H3,(H,21,23). The fourth-order valence-corrected chi connectivity index (χ4v) is 2.92. The highest BCUT2D eigenvalue weighted by molar-refractivity contribution is 6.31. The summed E-state index contributed by atoms with van der Waals surface area (Å²) in [7, 11) is 1.66. The van der Waals surface area contributed by atoms with Gasteiger partial charge in [0.1, 0.15) is 5.75 Å². The van der Waals surface area contributed by atoms with Gasteiger partial charge in [0, 0.05) is 39.9 Å². The molecular formula is C19H14ClN3O. The first kappa shape index (κ1) is 14.7. The average molecular weight is 336 g/mol. The molecule has 4 rings (SSSR count). The zero-order valence-electron chi connectivity index (χ0n) is 13.0. The highest BCUT2D eigenvalue weighted by Crippen LogP contribution is 2.32. The normalized spacial score (nSPS) is 10.9. The van der Waals surface area contributed by atoms with Crippen molar-refractivity contribution >= 4 is 44.8 Å². The van der Waals surface area contributed by atoms with Gasteiger partial charge in [0.15, 0.2) is 0 Å². The molecule has 24 heavy (non-hydrogen) atoms. The van der Waals surface area contributed by atoms with Crippen molar-refractivity contribution in [2.45, 2.75) is 0 Å². The van der Waals surface area contributed by atoms with Crippen molar-refractivity contribution in [3.63, 3.8) is 0 Å². The predicted octanol–water partition coefficient (Wildman–Crippen LogP) is 5.19. The topological polar surface area (TPSA) is 47.0 Å². The Hall–Kier alpha value is -2.85. The fraction of sp³-hybridized carbons (Fsp3) is 0.0526. The van der Waals surface area contributed by atoms with Crippen LogP contribution in [0.25, 0.3) is 21.8 Å². The van der Waals surface area contributed by atoms with Gasteiger partial charge >= 0.3 is 0 Å². The number of ether oxygens (including phenoxy) is 1. The van der Waals surface area contributed by atoms with Crippen molar-refractivity contribution in [1.82, 2.24) is 9.97 Å². The molecule has 0 saturated carbocycles. The van der Waals surface area contributed by atoms with Crippen LogP contribution >= 0.6 is 11.6 Å². The van der Waals surface area contributed by atoms with Gasteiger partial charge in [-0.1, -0.05) is 17.7 Å².